The van der Waals surface area contributed by atoms with Gasteiger partial charge in [-0.2, -0.15) is 18.3 Å². The highest BCUT2D eigenvalue weighted by molar-refractivity contribution is 5.84. The second-order valence-electron chi connectivity index (χ2n) is 7.14. The number of carbonyl (C=O) groups excluding carboxylic acids is 2. The zero-order chi connectivity index (χ0) is 23.5. The molecule has 0 fully saturated rings. The maximum Gasteiger partial charge on any atom is 0.416 e. The van der Waals surface area contributed by atoms with Crippen LogP contribution in [0.3, 0.4) is 0 Å². The van der Waals surface area contributed by atoms with E-state index in [1.165, 1.54) is 30.1 Å². The molecule has 0 spiro atoms. The lowest BCUT2D eigenvalue weighted by molar-refractivity contribution is -0.137. The number of aromatic nitrogens is 4. The fourth-order valence-corrected chi connectivity index (χ4v) is 3.13. The zero-order valence-corrected chi connectivity index (χ0v) is 17.4. The molecular formula is C20H21F3N6O3. The van der Waals surface area contributed by atoms with Crippen LogP contribution in [0, 0.1) is 0 Å². The SMILES string of the molecule is CNC(=O)CN(Cc1cccc(C(F)(F)F)c1)C(=O)CCc1nc2c(cnn2C)c(=O)[nH]1. The number of likely N-dealkylation sites (N-methyl/N-ethyl adjacent to an activating group) is 1. The number of amides is 2. The summed E-state index contributed by atoms with van der Waals surface area (Å²) in [5.41, 5.74) is -0.632. The van der Waals surface area contributed by atoms with Crippen molar-refractivity contribution in [1.29, 1.82) is 0 Å². The molecule has 0 saturated heterocycles. The molecule has 0 radical (unpaired) electrons. The third kappa shape index (κ3) is 5.31. The van der Waals surface area contributed by atoms with Crippen molar-refractivity contribution in [2.75, 3.05) is 13.6 Å². The molecule has 2 heterocycles. The van der Waals surface area contributed by atoms with Gasteiger partial charge in [-0.05, 0) is 17.7 Å². The molecule has 170 valence electrons. The molecule has 3 aromatic rings. The molecule has 9 nitrogen and oxygen atoms in total. The van der Waals surface area contributed by atoms with E-state index in [1.807, 2.05) is 0 Å². The van der Waals surface area contributed by atoms with Gasteiger partial charge in [-0.1, -0.05) is 12.1 Å². The molecule has 12 heteroatoms. The summed E-state index contributed by atoms with van der Waals surface area (Å²) in [6, 6.07) is 4.58. The van der Waals surface area contributed by atoms with Gasteiger partial charge in [-0.25, -0.2) is 4.98 Å². The van der Waals surface area contributed by atoms with Gasteiger partial charge in [0.25, 0.3) is 5.56 Å². The Bertz CT molecular complexity index is 1200. The number of aryl methyl sites for hydroxylation is 2. The number of nitrogens with zero attached hydrogens (tertiary/aromatic N) is 4. The fraction of sp³-hybridized carbons (Fsp3) is 0.350. The normalized spacial score (nSPS) is 11.5. The first-order valence-electron chi connectivity index (χ1n) is 9.64. The lowest BCUT2D eigenvalue weighted by Crippen LogP contribution is -2.39. The third-order valence-electron chi connectivity index (χ3n) is 4.82. The van der Waals surface area contributed by atoms with E-state index in [-0.39, 0.29) is 37.3 Å². The van der Waals surface area contributed by atoms with Crippen molar-refractivity contribution in [3.63, 3.8) is 0 Å². The summed E-state index contributed by atoms with van der Waals surface area (Å²) < 4.78 is 40.4. The number of benzene rings is 1. The largest absolute Gasteiger partial charge is 0.416 e. The number of H-pyrrole nitrogens is 1. The van der Waals surface area contributed by atoms with Crippen molar-refractivity contribution in [3.05, 3.63) is 57.8 Å². The fourth-order valence-electron chi connectivity index (χ4n) is 3.13. The van der Waals surface area contributed by atoms with Gasteiger partial charge in [-0.3, -0.25) is 19.1 Å². The number of hydrogen-bond donors (Lipinski definition) is 2. The number of rotatable bonds is 7. The Labute approximate surface area is 180 Å². The topological polar surface area (TPSA) is 113 Å². The molecule has 0 bridgehead atoms. The highest BCUT2D eigenvalue weighted by atomic mass is 19.4. The van der Waals surface area contributed by atoms with Crippen LogP contribution >= 0.6 is 0 Å². The predicted octanol–water partition coefficient (Wildman–Crippen LogP) is 1.38. The molecule has 3 rings (SSSR count). The van der Waals surface area contributed by atoms with Crippen molar-refractivity contribution < 1.29 is 22.8 Å². The molecule has 0 aliphatic rings. The number of aromatic amines is 1. The Morgan fingerprint density at radius 3 is 2.72 bits per heavy atom. The lowest BCUT2D eigenvalue weighted by Gasteiger charge is -2.22. The first kappa shape index (κ1) is 23.0. The van der Waals surface area contributed by atoms with Crippen molar-refractivity contribution >= 4 is 22.8 Å². The highest BCUT2D eigenvalue weighted by Gasteiger charge is 2.30. The Hall–Kier alpha value is -3.70. The second-order valence-corrected chi connectivity index (χ2v) is 7.14. The number of hydrogen-bond acceptors (Lipinski definition) is 5. The van der Waals surface area contributed by atoms with Crippen LogP contribution in [0.2, 0.25) is 0 Å². The first-order chi connectivity index (χ1) is 15.1. The summed E-state index contributed by atoms with van der Waals surface area (Å²) in [6.45, 7) is -0.503. The molecule has 0 aliphatic carbocycles. The van der Waals surface area contributed by atoms with E-state index in [2.05, 4.69) is 20.4 Å². The first-order valence-corrected chi connectivity index (χ1v) is 9.64. The van der Waals surface area contributed by atoms with Crippen LogP contribution in [0.5, 0.6) is 0 Å². The minimum absolute atomic E-state index is 0.0715. The number of fused-ring (bicyclic) bond motifs is 1. The van der Waals surface area contributed by atoms with E-state index in [1.54, 1.807) is 7.05 Å². The van der Waals surface area contributed by atoms with Crippen LogP contribution in [0.25, 0.3) is 11.0 Å². The van der Waals surface area contributed by atoms with Gasteiger partial charge in [0.15, 0.2) is 5.65 Å². The quantitative estimate of drug-likeness (QED) is 0.565. The van der Waals surface area contributed by atoms with Gasteiger partial charge in [0.1, 0.15) is 11.2 Å². The smallest absolute Gasteiger partial charge is 0.358 e. The number of halogens is 3. The van der Waals surface area contributed by atoms with E-state index in [0.29, 0.717) is 11.0 Å². The number of carbonyl (C=O) groups is 2. The summed E-state index contributed by atoms with van der Waals surface area (Å²) >= 11 is 0. The Morgan fingerprint density at radius 1 is 1.28 bits per heavy atom. The average Bonchev–Trinajstić information content (AvgIpc) is 3.12. The minimum atomic E-state index is -4.52. The maximum atomic E-state index is 13.0. The molecule has 2 N–H and O–H groups in total. The summed E-state index contributed by atoms with van der Waals surface area (Å²) in [6.07, 6.45) is -3.17. The van der Waals surface area contributed by atoms with E-state index in [9.17, 15) is 27.6 Å². The zero-order valence-electron chi connectivity index (χ0n) is 17.4. The monoisotopic (exact) mass is 450 g/mol. The summed E-state index contributed by atoms with van der Waals surface area (Å²) in [5, 5.41) is 6.68. The molecule has 0 unspecified atom stereocenters. The summed E-state index contributed by atoms with van der Waals surface area (Å²) in [4.78, 5) is 44.9. The predicted molar refractivity (Wildman–Crippen MR) is 108 cm³/mol. The highest BCUT2D eigenvalue weighted by Crippen LogP contribution is 2.29. The van der Waals surface area contributed by atoms with Gasteiger partial charge in [0.05, 0.1) is 18.3 Å². The van der Waals surface area contributed by atoms with Crippen LogP contribution in [-0.4, -0.2) is 50.1 Å². The minimum Gasteiger partial charge on any atom is -0.358 e. The van der Waals surface area contributed by atoms with Crippen LogP contribution in [0.1, 0.15) is 23.4 Å². The molecule has 0 atom stereocenters. The average molecular weight is 450 g/mol. The number of alkyl halides is 3. The van der Waals surface area contributed by atoms with Gasteiger partial charge in [0, 0.05) is 33.5 Å². The molecule has 1 aromatic carbocycles. The van der Waals surface area contributed by atoms with Gasteiger partial charge in [0.2, 0.25) is 11.8 Å². The maximum absolute atomic E-state index is 13.0. The van der Waals surface area contributed by atoms with Crippen LogP contribution in [-0.2, 0) is 35.8 Å². The Balaban J connectivity index is 1.77. The number of nitrogens with one attached hydrogen (secondary N) is 2. The molecule has 32 heavy (non-hydrogen) atoms. The second kappa shape index (κ2) is 9.20. The molecule has 2 aromatic heterocycles. The van der Waals surface area contributed by atoms with Crippen LogP contribution in [0.15, 0.2) is 35.3 Å². The van der Waals surface area contributed by atoms with Gasteiger partial charge < -0.3 is 15.2 Å². The van der Waals surface area contributed by atoms with E-state index < -0.39 is 29.1 Å². The van der Waals surface area contributed by atoms with Crippen molar-refractivity contribution in [1.82, 2.24) is 30.0 Å². The van der Waals surface area contributed by atoms with Crippen molar-refractivity contribution in [2.24, 2.45) is 7.05 Å². The van der Waals surface area contributed by atoms with Crippen molar-refractivity contribution in [3.8, 4) is 0 Å². The van der Waals surface area contributed by atoms with Crippen molar-refractivity contribution in [2.45, 2.75) is 25.6 Å². The molecular weight excluding hydrogens is 429 g/mol. The Kier molecular flexibility index (Phi) is 6.61. The van der Waals surface area contributed by atoms with Crippen LogP contribution < -0.4 is 10.9 Å². The van der Waals surface area contributed by atoms with Gasteiger partial charge in [-0.15, -0.1) is 0 Å². The van der Waals surface area contributed by atoms with E-state index in [0.717, 1.165) is 17.0 Å². The third-order valence-corrected chi connectivity index (χ3v) is 4.82. The van der Waals surface area contributed by atoms with Gasteiger partial charge >= 0.3 is 6.18 Å². The summed E-state index contributed by atoms with van der Waals surface area (Å²) in [5.74, 6) is -0.676. The van der Waals surface area contributed by atoms with E-state index in [4.69, 9.17) is 0 Å². The lowest BCUT2D eigenvalue weighted by atomic mass is 10.1. The Morgan fingerprint density at radius 2 is 2.03 bits per heavy atom. The summed E-state index contributed by atoms with van der Waals surface area (Å²) in [7, 11) is 3.02. The van der Waals surface area contributed by atoms with E-state index >= 15 is 0 Å². The molecule has 0 aliphatic heterocycles. The molecule has 0 saturated carbocycles. The molecule has 2 amide bonds. The standard InChI is InChI=1S/C20H21F3N6O3/c1-24-16(30)11-29(10-12-4-3-5-13(8-12)20(21,22)23)17(31)7-6-15-26-18-14(19(32)27-15)9-25-28(18)2/h3-5,8-9H,6-7,10-11H2,1-2H3,(H,24,30)(H,26,27,32). The van der Waals surface area contributed by atoms with Crippen LogP contribution in [0.4, 0.5) is 13.2 Å².